The van der Waals surface area contributed by atoms with Crippen molar-refractivity contribution in [3.05, 3.63) is 36.0 Å². The van der Waals surface area contributed by atoms with E-state index in [-0.39, 0.29) is 11.9 Å². The van der Waals surface area contributed by atoms with Crippen molar-refractivity contribution in [2.75, 3.05) is 20.1 Å². The fourth-order valence-corrected chi connectivity index (χ4v) is 3.26. The van der Waals surface area contributed by atoms with E-state index in [1.165, 1.54) is 12.0 Å². The Morgan fingerprint density at radius 1 is 1.45 bits per heavy atom. The number of aromatic nitrogens is 3. The van der Waals surface area contributed by atoms with Crippen LogP contribution in [0.25, 0.3) is 0 Å². The van der Waals surface area contributed by atoms with Crippen molar-refractivity contribution >= 4 is 5.91 Å². The molecule has 1 fully saturated rings. The van der Waals surface area contributed by atoms with Gasteiger partial charge < -0.3 is 9.84 Å². The molecule has 1 N–H and O–H groups in total. The molecule has 1 amide bonds. The number of carbonyl (C=O) groups is 1. The second-order valence-corrected chi connectivity index (χ2v) is 5.80. The van der Waals surface area contributed by atoms with E-state index in [0.717, 1.165) is 19.4 Å². The zero-order valence-corrected chi connectivity index (χ0v) is 12.9. The van der Waals surface area contributed by atoms with E-state index >= 15 is 0 Å². The summed E-state index contributed by atoms with van der Waals surface area (Å²) in [6.45, 7) is 1.68. The molecule has 0 aromatic carbocycles. The van der Waals surface area contributed by atoms with Crippen LogP contribution in [0.1, 0.15) is 35.1 Å². The molecule has 0 bridgehead atoms. The maximum Gasteiger partial charge on any atom is 0.273 e. The molecule has 3 heterocycles. The third-order valence-electron chi connectivity index (χ3n) is 4.36. The van der Waals surface area contributed by atoms with Crippen molar-refractivity contribution in [1.82, 2.24) is 25.2 Å². The number of piperidine rings is 1. The second-order valence-electron chi connectivity index (χ2n) is 5.80. The van der Waals surface area contributed by atoms with Gasteiger partial charge in [0.05, 0.1) is 11.7 Å². The number of nitrogens with zero attached hydrogens (tertiary/aromatic N) is 4. The number of carbonyl (C=O) groups excluding carboxylic acids is 1. The largest absolute Gasteiger partial charge is 0.364 e. The number of rotatable bonds is 4. The van der Waals surface area contributed by atoms with Crippen LogP contribution >= 0.6 is 0 Å². The van der Waals surface area contributed by atoms with Crippen molar-refractivity contribution in [3.8, 4) is 0 Å². The summed E-state index contributed by atoms with van der Waals surface area (Å²) in [6, 6.07) is 3.89. The molecular weight excluding hydrogens is 282 g/mol. The summed E-state index contributed by atoms with van der Waals surface area (Å²) in [5, 5.41) is 10.9. The first-order chi connectivity index (χ1) is 10.7. The maximum atomic E-state index is 12.0. The quantitative estimate of drug-likeness (QED) is 0.919. The van der Waals surface area contributed by atoms with Gasteiger partial charge in [0.15, 0.2) is 5.69 Å². The summed E-state index contributed by atoms with van der Waals surface area (Å²) in [7, 11) is 4.09. The Morgan fingerprint density at radius 2 is 2.32 bits per heavy atom. The van der Waals surface area contributed by atoms with Crippen LogP contribution in [0, 0.1) is 5.92 Å². The zero-order chi connectivity index (χ0) is 15.5. The molecule has 1 aliphatic rings. The Kier molecular flexibility index (Phi) is 4.24. The van der Waals surface area contributed by atoms with Crippen LogP contribution in [0.3, 0.4) is 0 Å². The number of hydrogen-bond donors (Lipinski definition) is 1. The normalized spacial score (nSPS) is 22.6. The Bertz CT molecular complexity index is 622. The summed E-state index contributed by atoms with van der Waals surface area (Å²) in [5.74, 6) is 0.163. The van der Waals surface area contributed by atoms with Gasteiger partial charge in [0.25, 0.3) is 5.91 Å². The van der Waals surface area contributed by atoms with Gasteiger partial charge in [-0.3, -0.25) is 14.4 Å². The first-order valence-electron chi connectivity index (χ1n) is 7.53. The van der Waals surface area contributed by atoms with Crippen LogP contribution in [0.4, 0.5) is 0 Å². The Balaban J connectivity index is 1.70. The molecule has 3 rings (SSSR count). The molecule has 7 nitrogen and oxygen atoms in total. The van der Waals surface area contributed by atoms with E-state index in [0.29, 0.717) is 18.2 Å². The first kappa shape index (κ1) is 14.8. The Morgan fingerprint density at radius 3 is 3.00 bits per heavy atom. The van der Waals surface area contributed by atoms with Gasteiger partial charge in [-0.1, -0.05) is 5.16 Å². The van der Waals surface area contributed by atoms with Crippen LogP contribution < -0.4 is 5.32 Å². The van der Waals surface area contributed by atoms with Crippen LogP contribution in [0.15, 0.2) is 29.1 Å². The summed E-state index contributed by atoms with van der Waals surface area (Å²) in [4.78, 5) is 14.4. The fourth-order valence-electron chi connectivity index (χ4n) is 3.26. The molecule has 0 unspecified atom stereocenters. The van der Waals surface area contributed by atoms with E-state index in [2.05, 4.69) is 33.6 Å². The molecule has 1 saturated heterocycles. The van der Waals surface area contributed by atoms with Crippen molar-refractivity contribution in [1.29, 1.82) is 0 Å². The number of amides is 1. The number of nitrogens with one attached hydrogen (secondary N) is 1. The minimum Gasteiger partial charge on any atom is -0.364 e. The predicted molar refractivity (Wildman–Crippen MR) is 80.1 cm³/mol. The lowest BCUT2D eigenvalue weighted by Crippen LogP contribution is -2.42. The zero-order valence-electron chi connectivity index (χ0n) is 12.9. The lowest BCUT2D eigenvalue weighted by molar-refractivity contribution is 0.0872. The van der Waals surface area contributed by atoms with Crippen LogP contribution in [-0.2, 0) is 7.05 Å². The maximum absolute atomic E-state index is 12.0. The predicted octanol–water partition coefficient (Wildman–Crippen LogP) is 1.22. The number of likely N-dealkylation sites (tertiary alicyclic amines) is 1. The molecule has 2 atom stereocenters. The second kappa shape index (κ2) is 6.31. The van der Waals surface area contributed by atoms with E-state index in [4.69, 9.17) is 4.52 Å². The topological polar surface area (TPSA) is 76.2 Å². The standard InChI is InChI=1S/C15H21N5O2/c1-19-8-3-4-11(14(19)13-5-7-17-20(13)2)10-16-15(21)12-6-9-22-18-12/h5-7,9,11,14H,3-4,8,10H2,1-2H3,(H,16,21)/t11-,14+/m0/s1. The number of hydrogen-bond acceptors (Lipinski definition) is 5. The average molecular weight is 303 g/mol. The van der Waals surface area contributed by atoms with Gasteiger partial charge >= 0.3 is 0 Å². The molecule has 0 aliphatic carbocycles. The molecular formula is C15H21N5O2. The molecule has 2 aromatic rings. The smallest absolute Gasteiger partial charge is 0.273 e. The lowest BCUT2D eigenvalue weighted by atomic mass is 9.87. The Hall–Kier alpha value is -2.15. The summed E-state index contributed by atoms with van der Waals surface area (Å²) in [6.07, 6.45) is 5.44. The highest BCUT2D eigenvalue weighted by Crippen LogP contribution is 2.34. The summed E-state index contributed by atoms with van der Waals surface area (Å²) in [5.41, 5.74) is 1.50. The van der Waals surface area contributed by atoms with Gasteiger partial charge in [0.2, 0.25) is 0 Å². The molecule has 2 aromatic heterocycles. The monoisotopic (exact) mass is 303 g/mol. The van der Waals surface area contributed by atoms with E-state index in [1.54, 1.807) is 6.07 Å². The Labute approximate surface area is 129 Å². The fraction of sp³-hybridized carbons (Fsp3) is 0.533. The SMILES string of the molecule is CN1CCC[C@@H](CNC(=O)c2ccon2)[C@@H]1c1ccnn1C. The van der Waals surface area contributed by atoms with Gasteiger partial charge in [0.1, 0.15) is 6.26 Å². The molecule has 7 heteroatoms. The number of aryl methyl sites for hydroxylation is 1. The summed E-state index contributed by atoms with van der Waals surface area (Å²) < 4.78 is 6.63. The molecule has 22 heavy (non-hydrogen) atoms. The molecule has 118 valence electrons. The highest BCUT2D eigenvalue weighted by molar-refractivity contribution is 5.91. The van der Waals surface area contributed by atoms with Crippen molar-refractivity contribution in [2.24, 2.45) is 13.0 Å². The van der Waals surface area contributed by atoms with Crippen LogP contribution in [-0.4, -0.2) is 45.9 Å². The van der Waals surface area contributed by atoms with Crippen LogP contribution in [0.5, 0.6) is 0 Å². The first-order valence-corrected chi connectivity index (χ1v) is 7.53. The van der Waals surface area contributed by atoms with Gasteiger partial charge in [0, 0.05) is 25.9 Å². The van der Waals surface area contributed by atoms with Gasteiger partial charge in [-0.25, -0.2) is 0 Å². The molecule has 0 spiro atoms. The molecule has 1 aliphatic heterocycles. The average Bonchev–Trinajstić information content (AvgIpc) is 3.16. The minimum absolute atomic E-state index is 0.189. The van der Waals surface area contributed by atoms with Gasteiger partial charge in [-0.05, 0) is 38.4 Å². The molecule has 0 saturated carbocycles. The van der Waals surface area contributed by atoms with Crippen molar-refractivity contribution in [3.63, 3.8) is 0 Å². The highest BCUT2D eigenvalue weighted by atomic mass is 16.5. The highest BCUT2D eigenvalue weighted by Gasteiger charge is 2.32. The molecule has 0 radical (unpaired) electrons. The van der Waals surface area contributed by atoms with Crippen molar-refractivity contribution in [2.45, 2.75) is 18.9 Å². The minimum atomic E-state index is -0.189. The van der Waals surface area contributed by atoms with E-state index in [9.17, 15) is 4.79 Å². The van der Waals surface area contributed by atoms with Gasteiger partial charge in [-0.2, -0.15) is 5.10 Å². The third kappa shape index (κ3) is 2.89. The lowest BCUT2D eigenvalue weighted by Gasteiger charge is -2.39. The van der Waals surface area contributed by atoms with Crippen molar-refractivity contribution < 1.29 is 9.32 Å². The van der Waals surface area contributed by atoms with E-state index in [1.807, 2.05) is 17.9 Å². The van der Waals surface area contributed by atoms with Gasteiger partial charge in [-0.15, -0.1) is 0 Å². The summed E-state index contributed by atoms with van der Waals surface area (Å²) >= 11 is 0. The van der Waals surface area contributed by atoms with Crippen LogP contribution in [0.2, 0.25) is 0 Å². The third-order valence-corrected chi connectivity index (χ3v) is 4.36. The van der Waals surface area contributed by atoms with E-state index < -0.39 is 0 Å².